The van der Waals surface area contributed by atoms with E-state index in [-0.39, 0.29) is 23.9 Å². The molecule has 4 heteroatoms. The van der Waals surface area contributed by atoms with E-state index in [4.69, 9.17) is 0 Å². The summed E-state index contributed by atoms with van der Waals surface area (Å²) in [6.07, 6.45) is 3.76. The summed E-state index contributed by atoms with van der Waals surface area (Å²) in [4.78, 5) is 0. The molecule has 36 heavy (non-hydrogen) atoms. The fraction of sp³-hybridized carbons (Fsp3) is 0.812. The zero-order valence-corrected chi connectivity index (χ0v) is 27.8. The first-order valence-electron chi connectivity index (χ1n) is 14.4. The smallest absolute Gasteiger partial charge is 0.0182 e. The van der Waals surface area contributed by atoms with E-state index >= 15 is 0 Å². The molecular weight excluding hydrogens is 474 g/mol. The monoisotopic (exact) mass is 532 g/mol. The van der Waals surface area contributed by atoms with E-state index in [2.05, 4.69) is 115 Å². The summed E-state index contributed by atoms with van der Waals surface area (Å²) in [7, 11) is 3.28. The Morgan fingerprint density at radius 3 is 1.44 bits per heavy atom. The Morgan fingerprint density at radius 2 is 1.11 bits per heavy atom. The quantitative estimate of drug-likeness (QED) is 0.374. The fourth-order valence-electron chi connectivity index (χ4n) is 6.97. The molecule has 2 fully saturated rings. The molecule has 1 aromatic rings. The minimum atomic E-state index is -0.233. The average molecular weight is 533 g/mol. The lowest BCUT2D eigenvalue weighted by Gasteiger charge is -2.46. The van der Waals surface area contributed by atoms with Crippen molar-refractivity contribution in [2.24, 2.45) is 11.8 Å². The fourth-order valence-corrected chi connectivity index (χ4v) is 11.4. The van der Waals surface area contributed by atoms with Gasteiger partial charge in [-0.1, -0.05) is 103 Å². The highest BCUT2D eigenvalue weighted by molar-refractivity contribution is 7.60. The Balaban J connectivity index is 2.35. The van der Waals surface area contributed by atoms with Crippen LogP contribution in [0.5, 0.6) is 0 Å². The molecule has 2 saturated heterocycles. The van der Waals surface area contributed by atoms with Crippen LogP contribution in [-0.4, -0.2) is 36.5 Å². The van der Waals surface area contributed by atoms with E-state index in [9.17, 15) is 0 Å². The summed E-state index contributed by atoms with van der Waals surface area (Å²) >= 11 is 0. The lowest BCUT2D eigenvalue weighted by molar-refractivity contribution is 0.298. The van der Waals surface area contributed by atoms with Crippen LogP contribution in [0.3, 0.4) is 0 Å². The highest BCUT2D eigenvalue weighted by atomic mass is 31.1. The van der Waals surface area contributed by atoms with E-state index < -0.39 is 0 Å². The van der Waals surface area contributed by atoms with Crippen molar-refractivity contribution in [3.8, 4) is 0 Å². The average Bonchev–Trinajstić information content (AvgIpc) is 3.42. The van der Waals surface area contributed by atoms with Gasteiger partial charge in [0.1, 0.15) is 0 Å². The van der Waals surface area contributed by atoms with Crippen molar-refractivity contribution in [2.45, 2.75) is 128 Å². The summed E-state index contributed by atoms with van der Waals surface area (Å²) in [5, 5.41) is 8.18. The van der Waals surface area contributed by atoms with Crippen LogP contribution in [0.1, 0.15) is 118 Å². The van der Waals surface area contributed by atoms with Crippen molar-refractivity contribution in [3.05, 3.63) is 34.4 Å². The van der Waals surface area contributed by atoms with Crippen molar-refractivity contribution < 1.29 is 0 Å². The van der Waals surface area contributed by atoms with Crippen LogP contribution < -0.4 is 10.6 Å². The first kappa shape index (κ1) is 30.5. The highest BCUT2D eigenvalue weighted by Gasteiger charge is 2.47. The number of hydrogen-bond donors (Lipinski definition) is 2. The molecule has 2 aliphatic heterocycles. The molecule has 0 spiro atoms. The standard InChI is InChI=1S/C32H58N2P2/c1-28(2,3)26-17-22(21-36(30(7,8)9)31(10,11)12)25(18-27(26)29(4,5)6)32(35,23-13-15-33-19-23)24-14-16-34-20-24/h17-18,23-24,33-34H,13-16,19-21,35H2,1-12H3. The van der Waals surface area contributed by atoms with E-state index in [1.165, 1.54) is 19.0 Å². The second-order valence-electron chi connectivity index (χ2n) is 15.8. The van der Waals surface area contributed by atoms with Crippen molar-refractivity contribution >= 4 is 17.2 Å². The van der Waals surface area contributed by atoms with Gasteiger partial charge in [0.25, 0.3) is 0 Å². The Bertz CT molecular complexity index is 866. The summed E-state index contributed by atoms with van der Waals surface area (Å²) in [6, 6.07) is 5.39. The van der Waals surface area contributed by atoms with Gasteiger partial charge in [0.2, 0.25) is 0 Å². The van der Waals surface area contributed by atoms with Gasteiger partial charge < -0.3 is 10.6 Å². The molecular formula is C32H58N2P2. The van der Waals surface area contributed by atoms with Crippen molar-refractivity contribution in [3.63, 3.8) is 0 Å². The minimum absolute atomic E-state index is 0.107. The van der Waals surface area contributed by atoms with Crippen LogP contribution >= 0.6 is 17.2 Å². The molecule has 2 N–H and O–H groups in total. The molecule has 2 heterocycles. The van der Waals surface area contributed by atoms with Crippen molar-refractivity contribution in [1.29, 1.82) is 0 Å². The van der Waals surface area contributed by atoms with Crippen LogP contribution in [0.2, 0.25) is 0 Å². The molecule has 206 valence electrons. The van der Waals surface area contributed by atoms with Gasteiger partial charge in [-0.05, 0) is 100 Å². The summed E-state index contributed by atoms with van der Waals surface area (Å²) in [5.74, 6) is 1.32. The number of hydrogen-bond acceptors (Lipinski definition) is 2. The highest BCUT2D eigenvalue weighted by Crippen LogP contribution is 2.63. The first-order valence-corrected chi connectivity index (χ1v) is 16.5. The van der Waals surface area contributed by atoms with Crippen LogP contribution in [0.25, 0.3) is 0 Å². The predicted molar refractivity (Wildman–Crippen MR) is 167 cm³/mol. The number of benzene rings is 1. The maximum Gasteiger partial charge on any atom is 0.0182 e. The SMILES string of the molecule is CC(C)(C)c1cc(CP(C(C)(C)C)C(C)(C)C)c(C(P)(C2CCNC2)C2CCNC2)cc1C(C)(C)C. The normalized spacial score (nSPS) is 23.9. The topological polar surface area (TPSA) is 24.1 Å². The maximum atomic E-state index is 3.73. The molecule has 0 aliphatic carbocycles. The number of rotatable bonds is 5. The summed E-state index contributed by atoms with van der Waals surface area (Å²) in [5.41, 5.74) is 6.62. The zero-order valence-electron chi connectivity index (χ0n) is 25.8. The summed E-state index contributed by atoms with van der Waals surface area (Å²) in [6.45, 7) is 33.9. The van der Waals surface area contributed by atoms with Gasteiger partial charge in [0.15, 0.2) is 0 Å². The number of nitrogens with one attached hydrogen (secondary N) is 2. The molecule has 3 rings (SSSR count). The lowest BCUT2D eigenvalue weighted by atomic mass is 9.68. The second-order valence-corrected chi connectivity index (χ2v) is 20.6. The van der Waals surface area contributed by atoms with Gasteiger partial charge in [0, 0.05) is 5.16 Å². The van der Waals surface area contributed by atoms with Gasteiger partial charge >= 0.3 is 0 Å². The molecule has 0 radical (unpaired) electrons. The molecule has 2 nitrogen and oxygen atoms in total. The molecule has 3 atom stereocenters. The molecule has 2 aliphatic rings. The lowest BCUT2D eigenvalue weighted by Crippen LogP contribution is -2.41. The largest absolute Gasteiger partial charge is 0.316 e. The van der Waals surface area contributed by atoms with Gasteiger partial charge in [0.05, 0.1) is 0 Å². The van der Waals surface area contributed by atoms with Crippen molar-refractivity contribution in [1.82, 2.24) is 10.6 Å². The van der Waals surface area contributed by atoms with Gasteiger partial charge in [-0.15, -0.1) is 9.24 Å². The Labute approximate surface area is 228 Å². The first-order chi connectivity index (χ1) is 16.3. The third kappa shape index (κ3) is 6.41. The molecule has 3 unspecified atom stereocenters. The van der Waals surface area contributed by atoms with E-state index in [0.717, 1.165) is 26.2 Å². The third-order valence-corrected chi connectivity index (χ3v) is 13.9. The maximum absolute atomic E-state index is 3.73. The van der Waals surface area contributed by atoms with E-state index in [1.54, 1.807) is 22.3 Å². The second kappa shape index (κ2) is 10.5. The van der Waals surface area contributed by atoms with Crippen molar-refractivity contribution in [2.75, 3.05) is 26.2 Å². The van der Waals surface area contributed by atoms with Crippen LogP contribution in [0, 0.1) is 11.8 Å². The Morgan fingerprint density at radius 1 is 0.694 bits per heavy atom. The third-order valence-electron chi connectivity index (χ3n) is 8.75. The van der Waals surface area contributed by atoms with E-state index in [1.807, 2.05) is 0 Å². The van der Waals surface area contributed by atoms with Gasteiger partial charge in [-0.3, -0.25) is 0 Å². The zero-order chi connectivity index (χ0) is 27.3. The summed E-state index contributed by atoms with van der Waals surface area (Å²) < 4.78 is 0. The molecule has 0 aromatic heterocycles. The van der Waals surface area contributed by atoms with Crippen LogP contribution in [0.15, 0.2) is 12.1 Å². The van der Waals surface area contributed by atoms with Crippen LogP contribution in [-0.2, 0) is 22.1 Å². The minimum Gasteiger partial charge on any atom is -0.316 e. The Hall–Kier alpha value is 0. The molecule has 0 saturated carbocycles. The van der Waals surface area contributed by atoms with Gasteiger partial charge in [-0.25, -0.2) is 0 Å². The molecule has 1 aromatic carbocycles. The Kier molecular flexibility index (Phi) is 8.93. The van der Waals surface area contributed by atoms with E-state index in [0.29, 0.717) is 22.1 Å². The molecule has 0 amide bonds. The van der Waals surface area contributed by atoms with Crippen LogP contribution in [0.4, 0.5) is 0 Å². The molecule has 0 bridgehead atoms. The van der Waals surface area contributed by atoms with Gasteiger partial charge in [-0.2, -0.15) is 0 Å². The predicted octanol–water partition coefficient (Wildman–Crippen LogP) is 8.15.